The van der Waals surface area contributed by atoms with E-state index in [2.05, 4.69) is 12.2 Å². The normalized spacial score (nSPS) is 36.2. The molecule has 12 unspecified atom stereocenters. The van der Waals surface area contributed by atoms with Crippen molar-refractivity contribution in [1.82, 2.24) is 5.32 Å². The van der Waals surface area contributed by atoms with Gasteiger partial charge in [0, 0.05) is 6.42 Å². The van der Waals surface area contributed by atoms with Crippen molar-refractivity contribution in [3.8, 4) is 0 Å². The Morgan fingerprint density at radius 2 is 1.43 bits per heavy atom. The lowest BCUT2D eigenvalue weighted by Crippen LogP contribution is -2.65. The number of aliphatic hydroxyl groups is 8. The van der Waals surface area contributed by atoms with Crippen molar-refractivity contribution in [2.24, 2.45) is 0 Å². The molecule has 0 bridgehead atoms. The molecule has 0 aromatic rings. The summed E-state index contributed by atoms with van der Waals surface area (Å²) in [6.45, 7) is 2.37. The molecule has 2 rings (SSSR count). The predicted octanol–water partition coefficient (Wildman–Crippen LogP) is -2.37. The lowest BCUT2D eigenvalue weighted by atomic mass is 9.97. The van der Waals surface area contributed by atoms with Crippen molar-refractivity contribution >= 4 is 5.91 Å². The lowest BCUT2D eigenvalue weighted by molar-refractivity contribution is -0.359. The number of hydrogen-bond acceptors (Lipinski definition) is 13. The molecule has 40 heavy (non-hydrogen) atoms. The first-order chi connectivity index (χ1) is 19.1. The van der Waals surface area contributed by atoms with E-state index in [1.165, 1.54) is 0 Å². The maximum Gasteiger partial charge on any atom is 0.220 e. The summed E-state index contributed by atoms with van der Waals surface area (Å²) in [6.07, 6.45) is -10.7. The van der Waals surface area contributed by atoms with Gasteiger partial charge in [0.15, 0.2) is 12.6 Å². The number of unbranched alkanes of at least 4 members (excludes halogenated alkanes) is 4. The van der Waals surface area contributed by atoms with E-state index >= 15 is 0 Å². The van der Waals surface area contributed by atoms with Gasteiger partial charge in [0.1, 0.15) is 48.8 Å². The van der Waals surface area contributed by atoms with E-state index in [-0.39, 0.29) is 18.9 Å². The number of carbonyl (C=O) groups is 1. The van der Waals surface area contributed by atoms with Crippen LogP contribution in [0.2, 0.25) is 0 Å². The van der Waals surface area contributed by atoms with Gasteiger partial charge in [-0.3, -0.25) is 4.79 Å². The number of rotatable bonds is 17. The van der Waals surface area contributed by atoms with Crippen molar-refractivity contribution in [3.63, 3.8) is 0 Å². The Bertz CT molecular complexity index is 714. The molecule has 2 heterocycles. The molecule has 14 nitrogen and oxygen atoms in total. The van der Waals surface area contributed by atoms with Gasteiger partial charge in [0.25, 0.3) is 0 Å². The van der Waals surface area contributed by atoms with Crippen LogP contribution in [0.4, 0.5) is 0 Å². The smallest absolute Gasteiger partial charge is 0.220 e. The molecule has 0 saturated carbocycles. The fourth-order valence-electron chi connectivity index (χ4n) is 4.74. The summed E-state index contributed by atoms with van der Waals surface area (Å²) in [5.74, 6) is -0.255. The third-order valence-corrected chi connectivity index (χ3v) is 7.32. The highest BCUT2D eigenvalue weighted by atomic mass is 16.7. The van der Waals surface area contributed by atoms with Gasteiger partial charge in [-0.15, -0.1) is 0 Å². The van der Waals surface area contributed by atoms with Crippen LogP contribution in [0.5, 0.6) is 0 Å². The number of nitrogens with one attached hydrogen (secondary N) is 1. The summed E-state index contributed by atoms with van der Waals surface area (Å²) in [5.41, 5.74) is 0. The minimum atomic E-state index is -1.77. The van der Waals surface area contributed by atoms with E-state index in [1.807, 2.05) is 6.92 Å². The summed E-state index contributed by atoms with van der Waals surface area (Å²) in [4.78, 5) is 12.4. The fraction of sp³-hybridized carbons (Fsp3) is 0.962. The average molecular weight is 584 g/mol. The zero-order valence-electron chi connectivity index (χ0n) is 23.3. The van der Waals surface area contributed by atoms with Crippen molar-refractivity contribution in [3.05, 3.63) is 0 Å². The van der Waals surface area contributed by atoms with Gasteiger partial charge in [-0.1, -0.05) is 46.0 Å². The maximum absolute atomic E-state index is 12.4. The highest BCUT2D eigenvalue weighted by Gasteiger charge is 2.50. The van der Waals surface area contributed by atoms with Crippen molar-refractivity contribution < 1.29 is 64.6 Å². The molecule has 0 spiro atoms. The van der Waals surface area contributed by atoms with Crippen LogP contribution in [-0.2, 0) is 23.7 Å². The van der Waals surface area contributed by atoms with Gasteiger partial charge in [-0.2, -0.15) is 0 Å². The number of hydrogen-bond donors (Lipinski definition) is 9. The molecule has 0 aliphatic carbocycles. The molecule has 12 atom stereocenters. The molecule has 14 heteroatoms. The molecular weight excluding hydrogens is 534 g/mol. The van der Waals surface area contributed by atoms with E-state index in [4.69, 9.17) is 18.9 Å². The average Bonchev–Trinajstić information content (AvgIpc) is 2.95. The first-order valence-electron chi connectivity index (χ1n) is 14.3. The Labute approximate surface area is 234 Å². The number of ether oxygens (including phenoxy) is 4. The van der Waals surface area contributed by atoms with Crippen LogP contribution < -0.4 is 5.32 Å². The van der Waals surface area contributed by atoms with E-state index < -0.39 is 86.8 Å². The molecule has 0 radical (unpaired) electrons. The lowest BCUT2D eigenvalue weighted by Gasteiger charge is -2.46. The Hall–Kier alpha value is -1.01. The maximum atomic E-state index is 12.4. The quantitative estimate of drug-likeness (QED) is 0.0817. The van der Waals surface area contributed by atoms with Gasteiger partial charge in [0.2, 0.25) is 5.91 Å². The second kappa shape index (κ2) is 17.8. The minimum Gasteiger partial charge on any atom is -0.394 e. The molecule has 9 N–H and O–H groups in total. The number of carbonyl (C=O) groups excluding carboxylic acids is 1. The van der Waals surface area contributed by atoms with Crippen molar-refractivity contribution in [2.45, 2.75) is 139 Å². The van der Waals surface area contributed by atoms with Crippen LogP contribution in [0, 0.1) is 0 Å². The summed E-state index contributed by atoms with van der Waals surface area (Å²) in [6, 6.07) is -0.811. The van der Waals surface area contributed by atoms with Crippen LogP contribution >= 0.6 is 0 Å². The van der Waals surface area contributed by atoms with Gasteiger partial charge < -0.3 is 65.1 Å². The van der Waals surface area contributed by atoms with Crippen LogP contribution in [0.25, 0.3) is 0 Å². The van der Waals surface area contributed by atoms with Crippen LogP contribution in [0.15, 0.2) is 0 Å². The molecule has 1 amide bonds. The molecule has 236 valence electrons. The van der Waals surface area contributed by atoms with Gasteiger partial charge in [-0.25, -0.2) is 0 Å². The zero-order valence-corrected chi connectivity index (χ0v) is 23.3. The van der Waals surface area contributed by atoms with Gasteiger partial charge >= 0.3 is 0 Å². The second-order valence-corrected chi connectivity index (χ2v) is 10.5. The third kappa shape index (κ3) is 9.78. The predicted molar refractivity (Wildman–Crippen MR) is 139 cm³/mol. The van der Waals surface area contributed by atoms with E-state index in [0.717, 1.165) is 32.1 Å². The molecule has 0 aromatic carbocycles. The highest BCUT2D eigenvalue weighted by Crippen LogP contribution is 2.29. The fourth-order valence-corrected chi connectivity index (χ4v) is 4.74. The van der Waals surface area contributed by atoms with Crippen LogP contribution in [-0.4, -0.2) is 140 Å². The molecule has 2 aliphatic heterocycles. The molecular formula is C26H49NO13. The Morgan fingerprint density at radius 3 is 2.05 bits per heavy atom. The summed E-state index contributed by atoms with van der Waals surface area (Å²) >= 11 is 0. The first-order valence-corrected chi connectivity index (χ1v) is 14.3. The van der Waals surface area contributed by atoms with Gasteiger partial charge in [-0.05, 0) is 12.8 Å². The summed E-state index contributed by atoms with van der Waals surface area (Å²) < 4.78 is 22.1. The van der Waals surface area contributed by atoms with Crippen molar-refractivity contribution in [2.75, 3.05) is 19.8 Å². The minimum absolute atomic E-state index is 0.252. The third-order valence-electron chi connectivity index (χ3n) is 7.32. The van der Waals surface area contributed by atoms with Crippen LogP contribution in [0.3, 0.4) is 0 Å². The summed E-state index contributed by atoms with van der Waals surface area (Å²) in [7, 11) is 0. The topological polar surface area (TPSA) is 228 Å². The summed E-state index contributed by atoms with van der Waals surface area (Å²) in [5, 5.41) is 84.5. The van der Waals surface area contributed by atoms with Crippen LogP contribution in [0.1, 0.15) is 65.2 Å². The van der Waals surface area contributed by atoms with E-state index in [0.29, 0.717) is 12.8 Å². The molecule has 0 aromatic heterocycles. The second-order valence-electron chi connectivity index (χ2n) is 10.5. The highest BCUT2D eigenvalue weighted by molar-refractivity contribution is 5.76. The van der Waals surface area contributed by atoms with Gasteiger partial charge in [0.05, 0.1) is 32.0 Å². The Balaban J connectivity index is 2.05. The van der Waals surface area contributed by atoms with Crippen molar-refractivity contribution in [1.29, 1.82) is 0 Å². The van der Waals surface area contributed by atoms with E-state index in [9.17, 15) is 45.6 Å². The Kier molecular flexibility index (Phi) is 15.7. The largest absolute Gasteiger partial charge is 0.394 e. The number of aliphatic hydroxyl groups excluding tert-OH is 8. The molecule has 2 fully saturated rings. The molecule has 2 aliphatic rings. The SMILES string of the molecule is CCCCCCC(O)C(COC1OC(CO)C(OC2OC(CO)C(O)C(O)C2O)C(O)C1O)NC(=O)CCCC. The molecule has 2 saturated heterocycles. The first kappa shape index (κ1) is 35.2. The van der Waals surface area contributed by atoms with E-state index in [1.54, 1.807) is 0 Å². The number of amides is 1. The zero-order chi connectivity index (χ0) is 29.8. The Morgan fingerprint density at radius 1 is 0.800 bits per heavy atom. The monoisotopic (exact) mass is 583 g/mol. The standard InChI is InChI=1S/C26H49NO13/c1-3-5-7-8-9-15(30)14(27-18(31)10-6-4-2)13-37-25-23(36)21(34)24(17(12-29)39-25)40-26-22(35)20(33)19(32)16(11-28)38-26/h14-17,19-26,28-30,32-36H,3-13H2,1-2H3,(H,27,31).